The highest BCUT2D eigenvalue weighted by atomic mass is 15.2. The molecule has 1 fully saturated rings. The zero-order valence-electron chi connectivity index (χ0n) is 14.0. The van der Waals surface area contributed by atoms with E-state index in [0.29, 0.717) is 11.6 Å². The zero-order valence-corrected chi connectivity index (χ0v) is 14.0. The maximum atomic E-state index is 3.88. The van der Waals surface area contributed by atoms with E-state index < -0.39 is 0 Å². The molecule has 1 N–H and O–H groups in total. The molecule has 114 valence electrons. The van der Waals surface area contributed by atoms with E-state index in [1.54, 1.807) is 0 Å². The van der Waals surface area contributed by atoms with Crippen molar-refractivity contribution in [1.29, 1.82) is 0 Å². The van der Waals surface area contributed by atoms with E-state index in [9.17, 15) is 0 Å². The van der Waals surface area contributed by atoms with Crippen molar-refractivity contribution in [2.45, 2.75) is 83.7 Å². The first-order valence-electron chi connectivity index (χ1n) is 8.47. The molecule has 0 aromatic rings. The molecule has 2 nitrogen and oxygen atoms in total. The minimum atomic E-state index is 0.414. The lowest BCUT2D eigenvalue weighted by molar-refractivity contribution is 0.0912. The minimum absolute atomic E-state index is 0.414. The summed E-state index contributed by atoms with van der Waals surface area (Å²) in [6, 6.07) is 0.673. The van der Waals surface area contributed by atoms with Crippen LogP contribution in [0.2, 0.25) is 0 Å². The Kier molecular flexibility index (Phi) is 7.38. The van der Waals surface area contributed by atoms with Gasteiger partial charge in [0.15, 0.2) is 0 Å². The predicted octanol–water partition coefficient (Wildman–Crippen LogP) is 4.06. The van der Waals surface area contributed by atoms with Gasteiger partial charge in [0.05, 0.1) is 0 Å². The largest absolute Gasteiger partial charge is 0.312 e. The molecule has 0 spiro atoms. The second-order valence-electron chi connectivity index (χ2n) is 6.84. The van der Waals surface area contributed by atoms with Crippen LogP contribution in [0.25, 0.3) is 0 Å². The average Bonchev–Trinajstić information content (AvgIpc) is 2.85. The molecular formula is C17H36N2. The van der Waals surface area contributed by atoms with Gasteiger partial charge in [-0.15, -0.1) is 0 Å². The van der Waals surface area contributed by atoms with E-state index in [1.807, 2.05) is 0 Å². The second-order valence-corrected chi connectivity index (χ2v) is 6.84. The van der Waals surface area contributed by atoms with E-state index in [0.717, 1.165) is 5.92 Å². The maximum absolute atomic E-state index is 3.88. The number of rotatable bonds is 9. The number of hydrogen-bond acceptors (Lipinski definition) is 2. The molecule has 0 saturated heterocycles. The quantitative estimate of drug-likeness (QED) is 0.678. The van der Waals surface area contributed by atoms with Crippen LogP contribution in [0.5, 0.6) is 0 Å². The number of nitrogens with one attached hydrogen (secondary N) is 1. The van der Waals surface area contributed by atoms with E-state index in [2.05, 4.69) is 45.1 Å². The summed E-state index contributed by atoms with van der Waals surface area (Å²) in [6.07, 6.45) is 10.8. The van der Waals surface area contributed by atoms with E-state index in [1.165, 1.54) is 57.9 Å². The fraction of sp³-hybridized carbons (Fsp3) is 1.00. The van der Waals surface area contributed by atoms with Gasteiger partial charge in [-0.05, 0) is 52.2 Å². The first-order chi connectivity index (χ1) is 9.06. The van der Waals surface area contributed by atoms with E-state index >= 15 is 0 Å². The fourth-order valence-corrected chi connectivity index (χ4v) is 3.92. The molecule has 2 heteroatoms. The Balaban J connectivity index is 2.74. The van der Waals surface area contributed by atoms with Crippen LogP contribution in [0.4, 0.5) is 0 Å². The van der Waals surface area contributed by atoms with Gasteiger partial charge in [-0.3, -0.25) is 0 Å². The SMILES string of the molecule is CCCNC(CC(C)CCC)C1(N(C)C)CCCC1. The van der Waals surface area contributed by atoms with E-state index in [-0.39, 0.29) is 0 Å². The normalized spacial score (nSPS) is 21.8. The highest BCUT2D eigenvalue weighted by Crippen LogP contribution is 2.39. The predicted molar refractivity (Wildman–Crippen MR) is 85.7 cm³/mol. The third-order valence-electron chi connectivity index (χ3n) is 5.07. The van der Waals surface area contributed by atoms with Gasteiger partial charge >= 0.3 is 0 Å². The molecule has 0 aromatic carbocycles. The molecule has 1 aliphatic carbocycles. The van der Waals surface area contributed by atoms with Gasteiger partial charge in [0, 0.05) is 11.6 Å². The molecule has 0 heterocycles. The molecule has 2 atom stereocenters. The van der Waals surface area contributed by atoms with Crippen LogP contribution >= 0.6 is 0 Å². The van der Waals surface area contributed by atoms with Crippen molar-refractivity contribution in [3.05, 3.63) is 0 Å². The summed E-state index contributed by atoms with van der Waals surface area (Å²) in [4.78, 5) is 2.52. The Morgan fingerprint density at radius 2 is 1.74 bits per heavy atom. The van der Waals surface area contributed by atoms with Crippen molar-refractivity contribution >= 4 is 0 Å². The van der Waals surface area contributed by atoms with Gasteiger partial charge in [0.25, 0.3) is 0 Å². The standard InChI is InChI=1S/C17H36N2/c1-6-10-15(3)14-16(18-13-7-2)17(19(4)5)11-8-9-12-17/h15-16,18H,6-14H2,1-5H3. The first kappa shape index (κ1) is 17.0. The molecule has 1 rings (SSSR count). The lowest BCUT2D eigenvalue weighted by Crippen LogP contribution is -2.58. The molecule has 0 aliphatic heterocycles. The van der Waals surface area contributed by atoms with Crippen molar-refractivity contribution in [3.63, 3.8) is 0 Å². The van der Waals surface area contributed by atoms with Crippen LogP contribution in [0.3, 0.4) is 0 Å². The summed E-state index contributed by atoms with van der Waals surface area (Å²) in [6.45, 7) is 8.18. The second kappa shape index (κ2) is 8.26. The summed E-state index contributed by atoms with van der Waals surface area (Å²) in [5.74, 6) is 0.844. The fourth-order valence-electron chi connectivity index (χ4n) is 3.92. The zero-order chi connectivity index (χ0) is 14.3. The Bertz CT molecular complexity index is 231. The van der Waals surface area contributed by atoms with Crippen LogP contribution in [0.1, 0.15) is 72.1 Å². The number of likely N-dealkylation sites (N-methyl/N-ethyl adjacent to an activating group) is 1. The van der Waals surface area contributed by atoms with Crippen molar-refractivity contribution in [1.82, 2.24) is 10.2 Å². The molecule has 1 saturated carbocycles. The van der Waals surface area contributed by atoms with Gasteiger partial charge in [-0.25, -0.2) is 0 Å². The average molecular weight is 268 g/mol. The molecule has 0 amide bonds. The Labute approximate surface area is 121 Å². The molecule has 1 aliphatic rings. The molecule has 0 radical (unpaired) electrons. The van der Waals surface area contributed by atoms with Crippen LogP contribution < -0.4 is 5.32 Å². The first-order valence-corrected chi connectivity index (χ1v) is 8.47. The third kappa shape index (κ3) is 4.46. The van der Waals surface area contributed by atoms with Crippen molar-refractivity contribution in [2.24, 2.45) is 5.92 Å². The minimum Gasteiger partial charge on any atom is -0.312 e. The van der Waals surface area contributed by atoms with Gasteiger partial charge < -0.3 is 10.2 Å². The van der Waals surface area contributed by atoms with Gasteiger partial charge in [0.1, 0.15) is 0 Å². The van der Waals surface area contributed by atoms with Gasteiger partial charge in [-0.1, -0.05) is 46.5 Å². The summed E-state index contributed by atoms with van der Waals surface area (Å²) < 4.78 is 0. The monoisotopic (exact) mass is 268 g/mol. The van der Waals surface area contributed by atoms with Gasteiger partial charge in [0.2, 0.25) is 0 Å². The van der Waals surface area contributed by atoms with Crippen LogP contribution in [0.15, 0.2) is 0 Å². The maximum Gasteiger partial charge on any atom is 0.0356 e. The third-order valence-corrected chi connectivity index (χ3v) is 5.07. The molecule has 19 heavy (non-hydrogen) atoms. The number of nitrogens with zero attached hydrogens (tertiary/aromatic N) is 1. The van der Waals surface area contributed by atoms with E-state index in [4.69, 9.17) is 0 Å². The van der Waals surface area contributed by atoms with Crippen LogP contribution in [-0.2, 0) is 0 Å². The van der Waals surface area contributed by atoms with Crippen molar-refractivity contribution < 1.29 is 0 Å². The Morgan fingerprint density at radius 3 is 2.21 bits per heavy atom. The Morgan fingerprint density at radius 1 is 1.11 bits per heavy atom. The van der Waals surface area contributed by atoms with Crippen molar-refractivity contribution in [2.75, 3.05) is 20.6 Å². The highest BCUT2D eigenvalue weighted by Gasteiger charge is 2.42. The lowest BCUT2D eigenvalue weighted by atomic mass is 9.81. The van der Waals surface area contributed by atoms with Gasteiger partial charge in [-0.2, -0.15) is 0 Å². The van der Waals surface area contributed by atoms with Crippen molar-refractivity contribution in [3.8, 4) is 0 Å². The topological polar surface area (TPSA) is 15.3 Å². The smallest absolute Gasteiger partial charge is 0.0356 e. The lowest BCUT2D eigenvalue weighted by Gasteiger charge is -2.45. The highest BCUT2D eigenvalue weighted by molar-refractivity contribution is 5.02. The summed E-state index contributed by atoms with van der Waals surface area (Å²) in [7, 11) is 4.58. The summed E-state index contributed by atoms with van der Waals surface area (Å²) >= 11 is 0. The van der Waals surface area contributed by atoms with Crippen LogP contribution in [0, 0.1) is 5.92 Å². The summed E-state index contributed by atoms with van der Waals surface area (Å²) in [5, 5.41) is 3.88. The number of hydrogen-bond donors (Lipinski definition) is 1. The Hall–Kier alpha value is -0.0800. The molecule has 0 bridgehead atoms. The molecule has 2 unspecified atom stereocenters. The van der Waals surface area contributed by atoms with Crippen LogP contribution in [-0.4, -0.2) is 37.1 Å². The summed E-state index contributed by atoms with van der Waals surface area (Å²) in [5.41, 5.74) is 0.414. The molecular weight excluding hydrogens is 232 g/mol. The molecule has 0 aromatic heterocycles.